The SMILES string of the molecule is C#C.C=C(/N=C(\C)CCC/C(C)=C/C=C(/C)C(C)OC)N(CCC)CCCC.C=C/C=C\SC/C(C)=C/C(=N\C(N)=NC)NNC(=O)CCC.CC.CC. The number of terminal acetylenes is 1. The van der Waals surface area contributed by atoms with Crippen LogP contribution in [0.25, 0.3) is 0 Å². The molecule has 4 N–H and O–H groups in total. The van der Waals surface area contributed by atoms with E-state index in [9.17, 15) is 4.79 Å². The minimum absolute atomic E-state index is 0.100. The molecule has 0 radical (unpaired) electrons. The summed E-state index contributed by atoms with van der Waals surface area (Å²) in [5.41, 5.74) is 15.9. The first-order valence-electron chi connectivity index (χ1n) is 19.5. The van der Waals surface area contributed by atoms with Gasteiger partial charge in [0.2, 0.25) is 11.9 Å². The van der Waals surface area contributed by atoms with Crippen molar-refractivity contribution >= 4 is 35.2 Å². The maximum absolute atomic E-state index is 11.5. The van der Waals surface area contributed by atoms with Gasteiger partial charge in [-0.25, -0.2) is 4.99 Å². The molecule has 0 aromatic rings. The molecule has 310 valence electrons. The van der Waals surface area contributed by atoms with Crippen LogP contribution in [0.5, 0.6) is 0 Å². The zero-order chi connectivity index (χ0) is 42.7. The highest BCUT2D eigenvalue weighted by Crippen LogP contribution is 2.13. The van der Waals surface area contributed by atoms with Crippen LogP contribution in [-0.2, 0) is 9.53 Å². The summed E-state index contributed by atoms with van der Waals surface area (Å²) < 4.78 is 5.33. The number of amides is 1. The van der Waals surface area contributed by atoms with Gasteiger partial charge in [-0.2, -0.15) is 4.99 Å². The molecule has 0 saturated carbocycles. The Bertz CT molecular complexity index is 1190. The Kier molecular flexibility index (Phi) is 49.9. The number of nitrogens with two attached hydrogens (primary N) is 1. The van der Waals surface area contributed by atoms with Crippen LogP contribution in [-0.4, -0.2) is 67.4 Å². The molecule has 0 spiro atoms. The lowest BCUT2D eigenvalue weighted by Crippen LogP contribution is -2.41. The van der Waals surface area contributed by atoms with Crippen LogP contribution in [0, 0.1) is 12.8 Å². The van der Waals surface area contributed by atoms with E-state index in [0.29, 0.717) is 12.3 Å². The van der Waals surface area contributed by atoms with Crippen LogP contribution in [0.4, 0.5) is 0 Å². The molecule has 54 heavy (non-hydrogen) atoms. The quantitative estimate of drug-likeness (QED) is 0.0352. The van der Waals surface area contributed by atoms with Crippen LogP contribution < -0.4 is 16.6 Å². The molecule has 1 unspecified atom stereocenters. The number of unbranched alkanes of at least 4 members (excludes halogenated alkanes) is 1. The van der Waals surface area contributed by atoms with Gasteiger partial charge in [0.05, 0.1) is 6.10 Å². The fraction of sp³-hybridized carbons (Fsp3) is 0.591. The van der Waals surface area contributed by atoms with Crippen molar-refractivity contribution in [3.05, 3.63) is 71.5 Å². The van der Waals surface area contributed by atoms with E-state index in [2.05, 4.69) is 105 Å². The number of hydrazine groups is 1. The maximum Gasteiger partial charge on any atom is 0.238 e. The number of carbonyl (C=O) groups excluding carboxylic acids is 1. The van der Waals surface area contributed by atoms with E-state index in [1.54, 1.807) is 32.0 Å². The van der Waals surface area contributed by atoms with E-state index in [0.717, 1.165) is 62.3 Å². The Labute approximate surface area is 338 Å². The summed E-state index contributed by atoms with van der Waals surface area (Å²) in [4.78, 5) is 26.5. The van der Waals surface area contributed by atoms with E-state index in [4.69, 9.17) is 15.5 Å². The molecule has 0 bridgehead atoms. The van der Waals surface area contributed by atoms with Gasteiger partial charge in [0.25, 0.3) is 0 Å². The Hall–Kier alpha value is -3.81. The fourth-order valence-corrected chi connectivity index (χ4v) is 4.56. The van der Waals surface area contributed by atoms with Gasteiger partial charge < -0.3 is 15.4 Å². The van der Waals surface area contributed by atoms with Gasteiger partial charge in [-0.1, -0.05) is 103 Å². The number of rotatable bonds is 21. The number of nitrogens with one attached hydrogen (secondary N) is 2. The van der Waals surface area contributed by atoms with Crippen LogP contribution >= 0.6 is 11.8 Å². The molecule has 0 aliphatic heterocycles. The van der Waals surface area contributed by atoms with Crippen molar-refractivity contribution in [3.63, 3.8) is 0 Å². The molecule has 1 amide bonds. The molecule has 0 rings (SSSR count). The van der Waals surface area contributed by atoms with E-state index in [1.807, 2.05) is 59.1 Å². The predicted molar refractivity (Wildman–Crippen MR) is 246 cm³/mol. The summed E-state index contributed by atoms with van der Waals surface area (Å²) in [5, 5.41) is 1.96. The largest absolute Gasteiger partial charge is 0.377 e. The fourth-order valence-electron chi connectivity index (χ4n) is 3.90. The number of amidine groups is 1. The second kappa shape index (κ2) is 45.3. The first-order valence-corrected chi connectivity index (χ1v) is 20.5. The lowest BCUT2D eigenvalue weighted by molar-refractivity contribution is -0.121. The van der Waals surface area contributed by atoms with Crippen molar-refractivity contribution in [1.82, 2.24) is 15.8 Å². The number of aliphatic imine (C=N–C) groups is 3. The van der Waals surface area contributed by atoms with Crippen molar-refractivity contribution in [2.45, 2.75) is 141 Å². The Morgan fingerprint density at radius 2 is 1.54 bits per heavy atom. The summed E-state index contributed by atoms with van der Waals surface area (Å²) in [6.07, 6.45) is 26.0. The number of guanidine groups is 1. The summed E-state index contributed by atoms with van der Waals surface area (Å²) in [7, 11) is 3.30. The zero-order valence-electron chi connectivity index (χ0n) is 37.0. The van der Waals surface area contributed by atoms with Crippen LogP contribution in [0.1, 0.15) is 134 Å². The summed E-state index contributed by atoms with van der Waals surface area (Å²) >= 11 is 1.63. The highest BCUT2D eigenvalue weighted by Gasteiger charge is 2.06. The maximum atomic E-state index is 11.5. The van der Waals surface area contributed by atoms with Gasteiger partial charge in [0.15, 0.2) is 0 Å². The molecular weight excluding hydrogens is 691 g/mol. The highest BCUT2D eigenvalue weighted by atomic mass is 32.2. The number of hydrogen-bond acceptors (Lipinski definition) is 6. The monoisotopic (exact) mass is 772 g/mol. The molecule has 1 atom stereocenters. The molecule has 0 aromatic heterocycles. The number of thioether (sulfide) groups is 1. The van der Waals surface area contributed by atoms with Gasteiger partial charge in [0.1, 0.15) is 11.7 Å². The summed E-state index contributed by atoms with van der Waals surface area (Å²) in [6.45, 7) is 34.8. The second-order valence-electron chi connectivity index (χ2n) is 11.6. The third-order valence-electron chi connectivity index (χ3n) is 6.97. The molecule has 0 aliphatic carbocycles. The standard InChI is InChI=1S/C23H42N2O.C15H25N5OS.2C2H6.C2H2/c1-9-11-18-25(17-10-2)23(7)24-21(5)14-12-13-19(3)15-16-20(4)22(6)26-8;1-5-7-9-22-11-12(3)10-13(18-15(16)17-4)19-20-14(21)8-6-2;3*1-2/h15-16,22H,7,9-14,17-18H2,1-6,8H3;5,7,9-10H,1,6,8,11H2,2-4H3,(H,20,21)(H3,16,17,18,19);2*1-2H3;1-2H/b19-15+,20-16-,24-21+;9-7-,12-10+;;;. The smallest absolute Gasteiger partial charge is 0.238 e. The van der Waals surface area contributed by atoms with Gasteiger partial charge >= 0.3 is 0 Å². The van der Waals surface area contributed by atoms with E-state index in [-0.39, 0.29) is 18.0 Å². The third-order valence-corrected chi connectivity index (χ3v) is 7.94. The van der Waals surface area contributed by atoms with E-state index in [1.165, 1.54) is 29.7 Å². The highest BCUT2D eigenvalue weighted by molar-refractivity contribution is 8.02. The number of allylic oxidation sites excluding steroid dienone is 5. The van der Waals surface area contributed by atoms with Gasteiger partial charge in [-0.3, -0.25) is 20.6 Å². The molecule has 10 heteroatoms. The Morgan fingerprint density at radius 3 is 2.06 bits per heavy atom. The molecular formula is C44H81N7O2S. The topological polar surface area (TPSA) is 117 Å². The number of hydrogen-bond donors (Lipinski definition) is 3. The second-order valence-corrected chi connectivity index (χ2v) is 12.5. The predicted octanol–water partition coefficient (Wildman–Crippen LogP) is 11.0. The van der Waals surface area contributed by atoms with Crippen LogP contribution in [0.3, 0.4) is 0 Å². The summed E-state index contributed by atoms with van der Waals surface area (Å²) in [6, 6.07) is 0. The van der Waals surface area contributed by atoms with E-state index < -0.39 is 0 Å². The number of carbonyl (C=O) groups is 1. The molecule has 0 saturated heterocycles. The summed E-state index contributed by atoms with van der Waals surface area (Å²) in [5.74, 6) is 2.19. The van der Waals surface area contributed by atoms with Gasteiger partial charge in [0, 0.05) is 45.1 Å². The van der Waals surface area contributed by atoms with Crippen LogP contribution in [0.2, 0.25) is 0 Å². The molecule has 9 nitrogen and oxygen atoms in total. The zero-order valence-corrected chi connectivity index (χ0v) is 37.8. The average molecular weight is 772 g/mol. The van der Waals surface area contributed by atoms with Crippen molar-refractivity contribution in [2.75, 3.05) is 33.0 Å². The minimum atomic E-state index is -0.100. The van der Waals surface area contributed by atoms with Gasteiger partial charge in [-0.05, 0) is 90.2 Å². The minimum Gasteiger partial charge on any atom is -0.377 e. The molecule has 0 aromatic carbocycles. The van der Waals surface area contributed by atoms with Crippen molar-refractivity contribution in [1.29, 1.82) is 0 Å². The third kappa shape index (κ3) is 39.4. The Morgan fingerprint density at radius 1 is 0.907 bits per heavy atom. The number of ether oxygens (including phenoxy) is 1. The molecule has 0 fully saturated rings. The van der Waals surface area contributed by atoms with Crippen molar-refractivity contribution < 1.29 is 9.53 Å². The lowest BCUT2D eigenvalue weighted by Gasteiger charge is -2.23. The first-order chi connectivity index (χ1) is 25.9. The molecule has 0 aliphatic rings. The average Bonchev–Trinajstić information content (AvgIpc) is 3.18. The van der Waals surface area contributed by atoms with Gasteiger partial charge in [-0.15, -0.1) is 24.6 Å². The van der Waals surface area contributed by atoms with E-state index >= 15 is 0 Å². The first kappa shape index (κ1) is 59.5. The normalized spacial score (nSPS) is 12.7. The number of methoxy groups -OCH3 is 1. The molecule has 0 heterocycles. The van der Waals surface area contributed by atoms with Crippen LogP contribution in [0.15, 0.2) is 86.5 Å². The van der Waals surface area contributed by atoms with Crippen molar-refractivity contribution in [3.8, 4) is 12.8 Å². The lowest BCUT2D eigenvalue weighted by atomic mass is 10.1. The Balaban J connectivity index is -0.000000262. The van der Waals surface area contributed by atoms with Crippen molar-refractivity contribution in [2.24, 2.45) is 20.7 Å². The number of nitrogens with zero attached hydrogens (tertiary/aromatic N) is 4.